The second-order valence-corrected chi connectivity index (χ2v) is 4.78. The molecule has 0 atom stereocenters. The van der Waals surface area contributed by atoms with Crippen LogP contribution < -0.4 is 15.4 Å². The van der Waals surface area contributed by atoms with Gasteiger partial charge in [0.2, 0.25) is 0 Å². The first-order valence-corrected chi connectivity index (χ1v) is 7.10. The summed E-state index contributed by atoms with van der Waals surface area (Å²) < 4.78 is 18.2. The van der Waals surface area contributed by atoms with Gasteiger partial charge in [-0.3, -0.25) is 10.1 Å². The van der Waals surface area contributed by atoms with E-state index in [1.807, 2.05) is 6.92 Å². The normalized spacial score (nSPS) is 9.91. The average molecular weight is 318 g/mol. The maximum atomic E-state index is 12.8. The number of anilines is 1. The van der Waals surface area contributed by atoms with Crippen molar-refractivity contribution in [3.05, 3.63) is 59.9 Å². The molecule has 4 nitrogen and oxygen atoms in total. The number of hydrogen-bond acceptors (Lipinski definition) is 3. The van der Waals surface area contributed by atoms with Crippen molar-refractivity contribution in [3.63, 3.8) is 0 Å². The molecule has 0 aliphatic carbocycles. The predicted molar refractivity (Wildman–Crippen MR) is 87.7 cm³/mol. The number of amides is 1. The molecule has 2 rings (SSSR count). The van der Waals surface area contributed by atoms with E-state index in [9.17, 15) is 9.18 Å². The quantitative estimate of drug-likeness (QED) is 0.849. The van der Waals surface area contributed by atoms with Crippen molar-refractivity contribution in [3.8, 4) is 5.75 Å². The third kappa shape index (κ3) is 4.53. The predicted octanol–water partition coefficient (Wildman–Crippen LogP) is 3.35. The fraction of sp³-hybridized carbons (Fsp3) is 0.125. The molecular weight excluding hydrogens is 303 g/mol. The van der Waals surface area contributed by atoms with E-state index in [0.29, 0.717) is 23.6 Å². The lowest BCUT2D eigenvalue weighted by atomic mass is 10.2. The van der Waals surface area contributed by atoms with Gasteiger partial charge in [0.15, 0.2) is 5.11 Å². The minimum absolute atomic E-state index is 0.137. The van der Waals surface area contributed by atoms with Gasteiger partial charge >= 0.3 is 0 Å². The summed E-state index contributed by atoms with van der Waals surface area (Å²) in [6, 6.07) is 12.5. The second kappa shape index (κ2) is 7.51. The maximum Gasteiger partial charge on any atom is 0.257 e. The molecule has 0 radical (unpaired) electrons. The highest BCUT2D eigenvalue weighted by molar-refractivity contribution is 7.80. The molecule has 0 unspecified atom stereocenters. The molecule has 0 bridgehead atoms. The lowest BCUT2D eigenvalue weighted by Gasteiger charge is -2.10. The van der Waals surface area contributed by atoms with E-state index in [1.165, 1.54) is 24.3 Å². The summed E-state index contributed by atoms with van der Waals surface area (Å²) in [5, 5.41) is 5.51. The molecular formula is C16H15FN2O2S. The van der Waals surface area contributed by atoms with E-state index in [0.717, 1.165) is 0 Å². The van der Waals surface area contributed by atoms with Crippen LogP contribution in [0.25, 0.3) is 0 Å². The Morgan fingerprint density at radius 1 is 1.23 bits per heavy atom. The Balaban J connectivity index is 1.97. The van der Waals surface area contributed by atoms with Gasteiger partial charge in [0.25, 0.3) is 5.91 Å². The van der Waals surface area contributed by atoms with Crippen LogP contribution in [0.4, 0.5) is 10.1 Å². The van der Waals surface area contributed by atoms with Gasteiger partial charge in [0.1, 0.15) is 11.6 Å². The molecule has 0 spiro atoms. The Bertz CT molecular complexity index is 674. The summed E-state index contributed by atoms with van der Waals surface area (Å²) in [6.07, 6.45) is 0. The second-order valence-electron chi connectivity index (χ2n) is 4.38. The fourth-order valence-corrected chi connectivity index (χ4v) is 1.98. The molecule has 0 saturated carbocycles. The molecule has 2 aromatic carbocycles. The van der Waals surface area contributed by atoms with Crippen LogP contribution in [0.1, 0.15) is 17.3 Å². The summed E-state index contributed by atoms with van der Waals surface area (Å²) in [6.45, 7) is 2.39. The van der Waals surface area contributed by atoms with Crippen molar-refractivity contribution in [1.29, 1.82) is 0 Å². The van der Waals surface area contributed by atoms with Crippen LogP contribution in [-0.4, -0.2) is 17.6 Å². The van der Waals surface area contributed by atoms with Gasteiger partial charge in [-0.15, -0.1) is 0 Å². The van der Waals surface area contributed by atoms with Gasteiger partial charge in [-0.2, -0.15) is 0 Å². The minimum Gasteiger partial charge on any atom is -0.494 e. The van der Waals surface area contributed by atoms with Crippen LogP contribution in [0.15, 0.2) is 48.5 Å². The molecule has 6 heteroatoms. The number of nitrogens with one attached hydrogen (secondary N) is 2. The number of ether oxygens (including phenoxy) is 1. The molecule has 22 heavy (non-hydrogen) atoms. The summed E-state index contributed by atoms with van der Waals surface area (Å²) in [7, 11) is 0. The van der Waals surface area contributed by atoms with Crippen LogP contribution in [0.5, 0.6) is 5.75 Å². The molecule has 114 valence electrons. The van der Waals surface area contributed by atoms with E-state index in [4.69, 9.17) is 17.0 Å². The molecule has 2 aromatic rings. The Morgan fingerprint density at radius 3 is 2.64 bits per heavy atom. The average Bonchev–Trinajstić information content (AvgIpc) is 2.50. The molecule has 0 aromatic heterocycles. The van der Waals surface area contributed by atoms with Crippen molar-refractivity contribution < 1.29 is 13.9 Å². The minimum atomic E-state index is -0.346. The Hall–Kier alpha value is -2.47. The van der Waals surface area contributed by atoms with Crippen LogP contribution in [0.2, 0.25) is 0 Å². The number of halogens is 1. The molecule has 0 fully saturated rings. The van der Waals surface area contributed by atoms with E-state index in [1.54, 1.807) is 24.3 Å². The van der Waals surface area contributed by atoms with Crippen molar-refractivity contribution in [2.24, 2.45) is 0 Å². The summed E-state index contributed by atoms with van der Waals surface area (Å²) in [4.78, 5) is 12.1. The number of hydrogen-bond donors (Lipinski definition) is 2. The van der Waals surface area contributed by atoms with Gasteiger partial charge in [0, 0.05) is 11.3 Å². The van der Waals surface area contributed by atoms with Crippen molar-refractivity contribution in [1.82, 2.24) is 5.32 Å². The lowest BCUT2D eigenvalue weighted by molar-refractivity contribution is 0.0977. The van der Waals surface area contributed by atoms with Crippen LogP contribution in [0, 0.1) is 5.82 Å². The highest BCUT2D eigenvalue weighted by atomic mass is 32.1. The molecule has 0 aliphatic rings. The molecule has 0 saturated heterocycles. The van der Waals surface area contributed by atoms with Crippen LogP contribution in [0.3, 0.4) is 0 Å². The molecule has 0 heterocycles. The highest BCUT2D eigenvalue weighted by Gasteiger charge is 2.09. The number of carbonyl (C=O) groups is 1. The first kappa shape index (κ1) is 15.9. The molecule has 0 aliphatic heterocycles. The van der Waals surface area contributed by atoms with Gasteiger partial charge in [-0.05, 0) is 61.6 Å². The van der Waals surface area contributed by atoms with Crippen LogP contribution >= 0.6 is 12.2 Å². The maximum absolute atomic E-state index is 12.8. The number of rotatable bonds is 4. The standard InChI is InChI=1S/C16H15FN2O2S/c1-2-21-14-5-3-4-11(10-14)15(20)19-16(22)18-13-8-6-12(17)7-9-13/h3-10H,2H2,1H3,(H2,18,19,20,22). The fourth-order valence-electron chi connectivity index (χ4n) is 1.76. The Kier molecular flexibility index (Phi) is 5.43. The largest absolute Gasteiger partial charge is 0.494 e. The summed E-state index contributed by atoms with van der Waals surface area (Å²) in [5.41, 5.74) is 1.03. The first-order chi connectivity index (χ1) is 10.6. The van der Waals surface area contributed by atoms with Gasteiger partial charge < -0.3 is 10.1 Å². The summed E-state index contributed by atoms with van der Waals surface area (Å²) in [5.74, 6) is -0.0676. The van der Waals surface area contributed by atoms with E-state index in [-0.39, 0.29) is 16.8 Å². The van der Waals surface area contributed by atoms with E-state index >= 15 is 0 Å². The first-order valence-electron chi connectivity index (χ1n) is 6.69. The van der Waals surface area contributed by atoms with Crippen molar-refractivity contribution in [2.45, 2.75) is 6.92 Å². The van der Waals surface area contributed by atoms with E-state index < -0.39 is 0 Å². The van der Waals surface area contributed by atoms with Gasteiger partial charge in [0.05, 0.1) is 6.61 Å². The molecule has 1 amide bonds. The zero-order chi connectivity index (χ0) is 15.9. The van der Waals surface area contributed by atoms with E-state index in [2.05, 4.69) is 10.6 Å². The van der Waals surface area contributed by atoms with Crippen LogP contribution in [-0.2, 0) is 0 Å². The zero-order valence-electron chi connectivity index (χ0n) is 11.9. The van der Waals surface area contributed by atoms with Gasteiger partial charge in [-0.1, -0.05) is 6.07 Å². The third-order valence-corrected chi connectivity index (χ3v) is 2.94. The lowest BCUT2D eigenvalue weighted by Crippen LogP contribution is -2.34. The zero-order valence-corrected chi connectivity index (χ0v) is 12.7. The Labute approximate surface area is 133 Å². The smallest absolute Gasteiger partial charge is 0.257 e. The van der Waals surface area contributed by atoms with Crippen molar-refractivity contribution in [2.75, 3.05) is 11.9 Å². The molecule has 2 N–H and O–H groups in total. The Morgan fingerprint density at radius 2 is 1.95 bits per heavy atom. The monoisotopic (exact) mass is 318 g/mol. The summed E-state index contributed by atoms with van der Waals surface area (Å²) >= 11 is 5.06. The SMILES string of the molecule is CCOc1cccc(C(=O)NC(=S)Nc2ccc(F)cc2)c1. The number of carbonyl (C=O) groups excluding carboxylic acids is 1. The van der Waals surface area contributed by atoms with Gasteiger partial charge in [-0.25, -0.2) is 4.39 Å². The third-order valence-electron chi connectivity index (χ3n) is 2.74. The number of benzene rings is 2. The topological polar surface area (TPSA) is 50.4 Å². The highest BCUT2D eigenvalue weighted by Crippen LogP contribution is 2.13. The van der Waals surface area contributed by atoms with Crippen molar-refractivity contribution >= 4 is 28.9 Å². The number of thiocarbonyl (C=S) groups is 1.